The first-order valence-electron chi connectivity index (χ1n) is 7.35. The van der Waals surface area contributed by atoms with Crippen LogP contribution in [0.15, 0.2) is 24.3 Å². The molecule has 20 heavy (non-hydrogen) atoms. The van der Waals surface area contributed by atoms with E-state index < -0.39 is 0 Å². The molecule has 0 saturated carbocycles. The zero-order chi connectivity index (χ0) is 14.0. The number of hydrogen-bond acceptors (Lipinski definition) is 3. The van der Waals surface area contributed by atoms with E-state index in [-0.39, 0.29) is 11.3 Å². The fourth-order valence-electron chi connectivity index (χ4n) is 3.78. The smallest absolute Gasteiger partial charge is 0.220 e. The summed E-state index contributed by atoms with van der Waals surface area (Å²) < 4.78 is 5.53. The molecule has 0 radical (unpaired) electrons. The summed E-state index contributed by atoms with van der Waals surface area (Å²) in [4.78, 5) is 11.9. The van der Waals surface area contributed by atoms with Crippen LogP contribution in [0.3, 0.4) is 0 Å². The fourth-order valence-corrected chi connectivity index (χ4v) is 3.78. The number of ether oxygens (including phenoxy) is 1. The number of benzene rings is 1. The number of nitrogens with one attached hydrogen (secondary N) is 2. The molecule has 0 aliphatic carbocycles. The summed E-state index contributed by atoms with van der Waals surface area (Å²) in [5.74, 6) is 1.48. The minimum absolute atomic E-state index is 0.0855. The van der Waals surface area contributed by atoms with Gasteiger partial charge in [-0.15, -0.1) is 0 Å². The van der Waals surface area contributed by atoms with Crippen molar-refractivity contribution in [2.75, 3.05) is 26.7 Å². The topological polar surface area (TPSA) is 50.4 Å². The Hall–Kier alpha value is -1.55. The minimum atomic E-state index is 0.0855. The van der Waals surface area contributed by atoms with Crippen molar-refractivity contribution in [3.63, 3.8) is 0 Å². The third-order valence-corrected chi connectivity index (χ3v) is 4.87. The summed E-state index contributed by atoms with van der Waals surface area (Å²) >= 11 is 0. The molecule has 1 amide bonds. The van der Waals surface area contributed by atoms with Crippen LogP contribution in [0.2, 0.25) is 0 Å². The van der Waals surface area contributed by atoms with Gasteiger partial charge in [-0.05, 0) is 43.0 Å². The van der Waals surface area contributed by atoms with Gasteiger partial charge < -0.3 is 15.4 Å². The second kappa shape index (κ2) is 5.44. The highest BCUT2D eigenvalue weighted by atomic mass is 16.5. The molecule has 1 unspecified atom stereocenters. The van der Waals surface area contributed by atoms with Gasteiger partial charge in [-0.3, -0.25) is 4.79 Å². The Kier molecular flexibility index (Phi) is 3.66. The molecule has 0 bridgehead atoms. The van der Waals surface area contributed by atoms with E-state index in [2.05, 4.69) is 22.8 Å². The van der Waals surface area contributed by atoms with Crippen LogP contribution in [0.1, 0.15) is 30.7 Å². The third kappa shape index (κ3) is 2.29. The second-order valence-corrected chi connectivity index (χ2v) is 5.89. The summed E-state index contributed by atoms with van der Waals surface area (Å²) in [5.41, 5.74) is 1.32. The normalized spacial score (nSPS) is 25.2. The van der Waals surface area contributed by atoms with E-state index in [1.165, 1.54) is 5.56 Å². The van der Waals surface area contributed by atoms with Crippen molar-refractivity contribution in [3.8, 4) is 5.75 Å². The van der Waals surface area contributed by atoms with Crippen LogP contribution in [0.4, 0.5) is 0 Å². The molecule has 3 rings (SSSR count). The largest absolute Gasteiger partial charge is 0.496 e. The summed E-state index contributed by atoms with van der Waals surface area (Å²) in [6, 6.07) is 8.22. The summed E-state index contributed by atoms with van der Waals surface area (Å²) in [5, 5.41) is 6.45. The number of hydrogen-bond donors (Lipinski definition) is 2. The third-order valence-electron chi connectivity index (χ3n) is 4.87. The predicted molar refractivity (Wildman–Crippen MR) is 77.9 cm³/mol. The molecule has 2 aliphatic rings. The van der Waals surface area contributed by atoms with Crippen molar-refractivity contribution in [2.24, 2.45) is 5.41 Å². The Morgan fingerprint density at radius 3 is 2.75 bits per heavy atom. The van der Waals surface area contributed by atoms with Gasteiger partial charge in [-0.2, -0.15) is 0 Å². The van der Waals surface area contributed by atoms with Crippen LogP contribution in [0.25, 0.3) is 0 Å². The van der Waals surface area contributed by atoms with E-state index in [1.54, 1.807) is 7.11 Å². The number of rotatable bonds is 2. The predicted octanol–water partition coefficient (Wildman–Crippen LogP) is 1.67. The monoisotopic (exact) mass is 274 g/mol. The average molecular weight is 274 g/mol. The van der Waals surface area contributed by atoms with Crippen molar-refractivity contribution in [1.82, 2.24) is 10.6 Å². The Morgan fingerprint density at radius 1 is 1.25 bits per heavy atom. The van der Waals surface area contributed by atoms with Gasteiger partial charge in [0.05, 0.1) is 7.11 Å². The minimum Gasteiger partial charge on any atom is -0.496 e. The van der Waals surface area contributed by atoms with Gasteiger partial charge in [-0.1, -0.05) is 18.2 Å². The van der Waals surface area contributed by atoms with E-state index in [9.17, 15) is 4.79 Å². The first kappa shape index (κ1) is 13.4. The van der Waals surface area contributed by atoms with Gasteiger partial charge in [0.1, 0.15) is 5.75 Å². The fraction of sp³-hybridized carbons (Fsp3) is 0.562. The SMILES string of the molecule is COc1ccccc1C1CNC(=O)CC12CCNCC2. The molecule has 1 aromatic carbocycles. The number of amides is 1. The second-order valence-electron chi connectivity index (χ2n) is 5.89. The van der Waals surface area contributed by atoms with E-state index in [0.717, 1.165) is 38.2 Å². The summed E-state index contributed by atoms with van der Waals surface area (Å²) in [6.07, 6.45) is 2.75. The van der Waals surface area contributed by atoms with Gasteiger partial charge in [-0.25, -0.2) is 0 Å². The lowest BCUT2D eigenvalue weighted by molar-refractivity contribution is -0.127. The molecule has 2 saturated heterocycles. The van der Waals surface area contributed by atoms with E-state index in [0.29, 0.717) is 12.3 Å². The Morgan fingerprint density at radius 2 is 2.00 bits per heavy atom. The van der Waals surface area contributed by atoms with Gasteiger partial charge in [0, 0.05) is 18.9 Å². The summed E-state index contributed by atoms with van der Waals surface area (Å²) in [7, 11) is 1.72. The van der Waals surface area contributed by atoms with Crippen molar-refractivity contribution in [3.05, 3.63) is 29.8 Å². The van der Waals surface area contributed by atoms with Gasteiger partial charge >= 0.3 is 0 Å². The van der Waals surface area contributed by atoms with Gasteiger partial charge in [0.2, 0.25) is 5.91 Å². The lowest BCUT2D eigenvalue weighted by Crippen LogP contribution is -2.51. The number of carbonyl (C=O) groups excluding carboxylic acids is 1. The number of piperidine rings is 2. The van der Waals surface area contributed by atoms with Crippen LogP contribution in [-0.2, 0) is 4.79 Å². The lowest BCUT2D eigenvalue weighted by Gasteiger charge is -2.47. The average Bonchev–Trinajstić information content (AvgIpc) is 2.48. The van der Waals surface area contributed by atoms with Crippen LogP contribution in [0, 0.1) is 5.41 Å². The summed E-state index contributed by atoms with van der Waals surface area (Å²) in [6.45, 7) is 2.72. The molecule has 4 heteroatoms. The van der Waals surface area contributed by atoms with Crippen molar-refractivity contribution in [2.45, 2.75) is 25.2 Å². The first-order chi connectivity index (χ1) is 9.75. The maximum atomic E-state index is 11.9. The molecular formula is C16H22N2O2. The van der Waals surface area contributed by atoms with Crippen LogP contribution in [-0.4, -0.2) is 32.7 Å². The van der Waals surface area contributed by atoms with Crippen LogP contribution >= 0.6 is 0 Å². The Labute approximate surface area is 119 Å². The standard InChI is InChI=1S/C16H22N2O2/c1-20-14-5-3-2-4-12(14)13-11-18-15(19)10-16(13)6-8-17-9-7-16/h2-5,13,17H,6-11H2,1H3,(H,18,19). The van der Waals surface area contributed by atoms with Crippen molar-refractivity contribution < 1.29 is 9.53 Å². The number of methoxy groups -OCH3 is 1. The van der Waals surface area contributed by atoms with E-state index in [4.69, 9.17) is 4.74 Å². The highest BCUT2D eigenvalue weighted by Crippen LogP contribution is 2.49. The van der Waals surface area contributed by atoms with Gasteiger partial charge in [0.25, 0.3) is 0 Å². The molecule has 1 aromatic rings. The quantitative estimate of drug-likeness (QED) is 0.862. The van der Waals surface area contributed by atoms with Gasteiger partial charge in [0.15, 0.2) is 0 Å². The molecule has 4 nitrogen and oxygen atoms in total. The molecule has 2 N–H and O–H groups in total. The molecule has 108 valence electrons. The highest BCUT2D eigenvalue weighted by molar-refractivity contribution is 5.78. The molecule has 2 aliphatic heterocycles. The Bertz CT molecular complexity index is 495. The lowest BCUT2D eigenvalue weighted by atomic mass is 9.62. The van der Waals surface area contributed by atoms with E-state index >= 15 is 0 Å². The number of para-hydroxylation sites is 1. The first-order valence-corrected chi connectivity index (χ1v) is 7.35. The van der Waals surface area contributed by atoms with E-state index in [1.807, 2.05) is 12.1 Å². The number of carbonyl (C=O) groups is 1. The maximum Gasteiger partial charge on any atom is 0.220 e. The van der Waals surface area contributed by atoms with Crippen molar-refractivity contribution in [1.29, 1.82) is 0 Å². The molecule has 2 heterocycles. The zero-order valence-electron chi connectivity index (χ0n) is 11.9. The molecule has 1 atom stereocenters. The Balaban J connectivity index is 1.98. The van der Waals surface area contributed by atoms with Crippen LogP contribution < -0.4 is 15.4 Å². The molecule has 0 aromatic heterocycles. The molecule has 1 spiro atoms. The molecule has 2 fully saturated rings. The molecular weight excluding hydrogens is 252 g/mol. The van der Waals surface area contributed by atoms with Crippen LogP contribution in [0.5, 0.6) is 5.75 Å². The zero-order valence-corrected chi connectivity index (χ0v) is 11.9. The van der Waals surface area contributed by atoms with Crippen molar-refractivity contribution >= 4 is 5.91 Å². The highest BCUT2D eigenvalue weighted by Gasteiger charge is 2.45. The maximum absolute atomic E-state index is 11.9.